The summed E-state index contributed by atoms with van der Waals surface area (Å²) in [6.45, 7) is 4.90. The average Bonchev–Trinajstić information content (AvgIpc) is 3.11. The fourth-order valence-electron chi connectivity index (χ4n) is 2.73. The van der Waals surface area contributed by atoms with E-state index in [0.717, 1.165) is 25.5 Å². The molecule has 0 spiro atoms. The third kappa shape index (κ3) is 2.93. The Morgan fingerprint density at radius 1 is 1.14 bits per heavy atom. The number of rotatable bonds is 4. The highest BCUT2D eigenvalue weighted by atomic mass is 16.2. The zero-order chi connectivity index (χ0) is 15.4. The summed E-state index contributed by atoms with van der Waals surface area (Å²) >= 11 is 0. The van der Waals surface area contributed by atoms with Crippen molar-refractivity contribution in [3.63, 3.8) is 0 Å². The number of piperazine rings is 1. The van der Waals surface area contributed by atoms with Crippen molar-refractivity contribution in [2.75, 3.05) is 31.1 Å². The number of anilines is 1. The van der Waals surface area contributed by atoms with Crippen molar-refractivity contribution in [1.82, 2.24) is 24.6 Å². The van der Waals surface area contributed by atoms with Gasteiger partial charge in [-0.25, -0.2) is 9.97 Å². The van der Waals surface area contributed by atoms with Crippen molar-refractivity contribution in [1.29, 1.82) is 0 Å². The van der Waals surface area contributed by atoms with Crippen LogP contribution in [0.4, 0.5) is 5.95 Å². The van der Waals surface area contributed by atoms with Crippen LogP contribution in [-0.4, -0.2) is 56.7 Å². The summed E-state index contributed by atoms with van der Waals surface area (Å²) in [6, 6.07) is 3.44. The number of hydrogen-bond donors (Lipinski definition) is 0. The lowest BCUT2D eigenvalue weighted by Crippen LogP contribution is -2.51. The second-order valence-electron chi connectivity index (χ2n) is 5.27. The second kappa shape index (κ2) is 6.55. The molecule has 7 heteroatoms. The smallest absolute Gasteiger partial charge is 0.247 e. The molecule has 22 heavy (non-hydrogen) atoms. The Hall–Kier alpha value is -2.44. The van der Waals surface area contributed by atoms with Gasteiger partial charge in [0, 0.05) is 51.0 Å². The summed E-state index contributed by atoms with van der Waals surface area (Å²) in [5.41, 5.74) is 0. The first kappa shape index (κ1) is 14.5. The molecule has 0 radical (unpaired) electrons. The highest BCUT2D eigenvalue weighted by molar-refractivity contribution is 5.80. The molecule has 1 aliphatic rings. The first-order valence-electron chi connectivity index (χ1n) is 7.59. The van der Waals surface area contributed by atoms with Crippen molar-refractivity contribution < 1.29 is 4.79 Å². The molecule has 116 valence electrons. The highest BCUT2D eigenvalue weighted by Gasteiger charge is 2.28. The molecule has 1 atom stereocenters. The van der Waals surface area contributed by atoms with E-state index < -0.39 is 0 Å². The summed E-state index contributed by atoms with van der Waals surface area (Å²) in [7, 11) is 0. The molecule has 0 aromatic carbocycles. The van der Waals surface area contributed by atoms with E-state index in [0.29, 0.717) is 13.1 Å². The molecule has 3 rings (SSSR count). The SMILES string of the molecule is CCC(C(=O)N1CCN(c2ncccn2)CC1)n1cccn1. The Bertz CT molecular complexity index is 592. The van der Waals surface area contributed by atoms with E-state index in [2.05, 4.69) is 20.0 Å². The monoisotopic (exact) mass is 300 g/mol. The van der Waals surface area contributed by atoms with Crippen molar-refractivity contribution in [2.24, 2.45) is 0 Å². The van der Waals surface area contributed by atoms with Crippen LogP contribution < -0.4 is 4.90 Å². The van der Waals surface area contributed by atoms with Crippen molar-refractivity contribution >= 4 is 11.9 Å². The molecule has 0 N–H and O–H groups in total. The molecule has 0 bridgehead atoms. The molecule has 7 nitrogen and oxygen atoms in total. The maximum atomic E-state index is 12.7. The van der Waals surface area contributed by atoms with Gasteiger partial charge in [-0.3, -0.25) is 9.48 Å². The van der Waals surface area contributed by atoms with Gasteiger partial charge in [0.2, 0.25) is 11.9 Å². The van der Waals surface area contributed by atoms with E-state index in [-0.39, 0.29) is 11.9 Å². The Morgan fingerprint density at radius 3 is 2.45 bits per heavy atom. The van der Waals surface area contributed by atoms with Crippen LogP contribution in [0.1, 0.15) is 19.4 Å². The molecule has 2 aromatic heterocycles. The summed E-state index contributed by atoms with van der Waals surface area (Å²) in [5.74, 6) is 0.869. The van der Waals surface area contributed by atoms with Crippen LogP contribution in [0.25, 0.3) is 0 Å². The van der Waals surface area contributed by atoms with E-state index in [1.54, 1.807) is 29.3 Å². The molecule has 0 aliphatic carbocycles. The first-order valence-corrected chi connectivity index (χ1v) is 7.59. The van der Waals surface area contributed by atoms with Crippen LogP contribution in [0.2, 0.25) is 0 Å². The largest absolute Gasteiger partial charge is 0.337 e. The van der Waals surface area contributed by atoms with E-state index in [4.69, 9.17) is 0 Å². The van der Waals surface area contributed by atoms with Crippen LogP contribution in [0, 0.1) is 0 Å². The predicted molar refractivity (Wildman–Crippen MR) is 82.4 cm³/mol. The Morgan fingerprint density at radius 2 is 1.86 bits per heavy atom. The molecule has 0 saturated carbocycles. The van der Waals surface area contributed by atoms with Gasteiger partial charge in [0.05, 0.1) is 0 Å². The van der Waals surface area contributed by atoms with Crippen molar-refractivity contribution in [3.8, 4) is 0 Å². The van der Waals surface area contributed by atoms with Crippen LogP contribution in [0.5, 0.6) is 0 Å². The average molecular weight is 300 g/mol. The maximum Gasteiger partial charge on any atom is 0.247 e. The van der Waals surface area contributed by atoms with Gasteiger partial charge in [-0.15, -0.1) is 0 Å². The third-order valence-corrected chi connectivity index (χ3v) is 3.94. The molecule has 1 amide bonds. The highest BCUT2D eigenvalue weighted by Crippen LogP contribution is 2.17. The molecule has 1 aliphatic heterocycles. The van der Waals surface area contributed by atoms with E-state index in [1.807, 2.05) is 24.1 Å². The van der Waals surface area contributed by atoms with Crippen LogP contribution >= 0.6 is 0 Å². The van der Waals surface area contributed by atoms with Crippen LogP contribution in [0.15, 0.2) is 36.9 Å². The minimum atomic E-state index is -0.213. The lowest BCUT2D eigenvalue weighted by molar-refractivity contribution is -0.135. The molecule has 1 unspecified atom stereocenters. The standard InChI is InChI=1S/C15H20N6O/c1-2-13(21-8-4-7-18-21)14(22)19-9-11-20(12-10-19)15-16-5-3-6-17-15/h3-8,13H,2,9-12H2,1H3. The minimum absolute atomic E-state index is 0.139. The van der Waals surface area contributed by atoms with Gasteiger partial charge in [0.1, 0.15) is 6.04 Å². The van der Waals surface area contributed by atoms with Gasteiger partial charge in [0.15, 0.2) is 0 Å². The van der Waals surface area contributed by atoms with Crippen LogP contribution in [0.3, 0.4) is 0 Å². The topological polar surface area (TPSA) is 67.2 Å². The van der Waals surface area contributed by atoms with Crippen LogP contribution in [-0.2, 0) is 4.79 Å². The summed E-state index contributed by atoms with van der Waals surface area (Å²) in [4.78, 5) is 25.2. The normalized spacial score (nSPS) is 16.6. The van der Waals surface area contributed by atoms with E-state index in [9.17, 15) is 4.79 Å². The molecular weight excluding hydrogens is 280 g/mol. The summed E-state index contributed by atoms with van der Waals surface area (Å²) in [5, 5.41) is 4.20. The van der Waals surface area contributed by atoms with E-state index >= 15 is 0 Å². The Balaban J connectivity index is 1.62. The predicted octanol–water partition coefficient (Wildman–Crippen LogP) is 0.973. The minimum Gasteiger partial charge on any atom is -0.337 e. The number of nitrogens with zero attached hydrogens (tertiary/aromatic N) is 6. The zero-order valence-electron chi connectivity index (χ0n) is 12.7. The number of amides is 1. The number of aromatic nitrogens is 4. The molecule has 2 aromatic rings. The van der Waals surface area contributed by atoms with Gasteiger partial charge in [0.25, 0.3) is 0 Å². The summed E-state index contributed by atoms with van der Waals surface area (Å²) < 4.78 is 1.75. The van der Waals surface area contributed by atoms with Gasteiger partial charge >= 0.3 is 0 Å². The Kier molecular flexibility index (Phi) is 4.32. The molecule has 3 heterocycles. The maximum absolute atomic E-state index is 12.7. The van der Waals surface area contributed by atoms with Gasteiger partial charge in [-0.1, -0.05) is 6.92 Å². The third-order valence-electron chi connectivity index (χ3n) is 3.94. The van der Waals surface area contributed by atoms with Gasteiger partial charge < -0.3 is 9.80 Å². The first-order chi connectivity index (χ1) is 10.8. The van der Waals surface area contributed by atoms with Gasteiger partial charge in [-0.2, -0.15) is 5.10 Å². The van der Waals surface area contributed by atoms with Gasteiger partial charge in [-0.05, 0) is 18.6 Å². The summed E-state index contributed by atoms with van der Waals surface area (Å²) in [6.07, 6.45) is 7.78. The lowest BCUT2D eigenvalue weighted by atomic mass is 10.2. The van der Waals surface area contributed by atoms with E-state index in [1.165, 1.54) is 0 Å². The number of carbonyl (C=O) groups excluding carboxylic acids is 1. The fraction of sp³-hybridized carbons (Fsp3) is 0.467. The lowest BCUT2D eigenvalue weighted by Gasteiger charge is -2.36. The van der Waals surface area contributed by atoms with Crippen molar-refractivity contribution in [2.45, 2.75) is 19.4 Å². The fourth-order valence-corrected chi connectivity index (χ4v) is 2.73. The Labute approximate surface area is 129 Å². The number of hydrogen-bond acceptors (Lipinski definition) is 5. The number of carbonyl (C=O) groups is 1. The molecule has 1 fully saturated rings. The van der Waals surface area contributed by atoms with Crippen molar-refractivity contribution in [3.05, 3.63) is 36.9 Å². The second-order valence-corrected chi connectivity index (χ2v) is 5.27. The zero-order valence-corrected chi connectivity index (χ0v) is 12.7. The molecule has 1 saturated heterocycles. The molecular formula is C15H20N6O. The quantitative estimate of drug-likeness (QED) is 0.842.